The van der Waals surface area contributed by atoms with E-state index in [0.717, 1.165) is 13.1 Å². The van der Waals surface area contributed by atoms with Gasteiger partial charge < -0.3 is 15.0 Å². The van der Waals surface area contributed by atoms with Crippen molar-refractivity contribution in [2.45, 2.75) is 6.92 Å². The Hall–Kier alpha value is -2.22. The molecular formula is C12H19N7O. The van der Waals surface area contributed by atoms with Gasteiger partial charge in [-0.3, -0.25) is 0 Å². The molecule has 2 rings (SSSR count). The highest BCUT2D eigenvalue weighted by Crippen LogP contribution is 2.10. The minimum atomic E-state index is 0.295. The van der Waals surface area contributed by atoms with E-state index in [1.807, 2.05) is 32.0 Å². The van der Waals surface area contributed by atoms with Crippen molar-refractivity contribution in [3.05, 3.63) is 18.5 Å². The number of nitrogens with one attached hydrogen (secondary N) is 1. The average Bonchev–Trinajstić information content (AvgIpc) is 2.92. The first-order valence-electron chi connectivity index (χ1n) is 6.46. The van der Waals surface area contributed by atoms with Gasteiger partial charge in [-0.2, -0.15) is 20.1 Å². The van der Waals surface area contributed by atoms with Crippen molar-refractivity contribution in [2.75, 3.05) is 39.1 Å². The van der Waals surface area contributed by atoms with Gasteiger partial charge in [-0.1, -0.05) is 0 Å². The molecule has 0 radical (unpaired) electrons. The van der Waals surface area contributed by atoms with E-state index in [9.17, 15) is 0 Å². The molecule has 8 heteroatoms. The lowest BCUT2D eigenvalue weighted by Gasteiger charge is -2.11. The van der Waals surface area contributed by atoms with E-state index in [2.05, 4.69) is 25.4 Å². The van der Waals surface area contributed by atoms with Crippen molar-refractivity contribution in [1.82, 2.24) is 29.6 Å². The molecular weight excluding hydrogens is 258 g/mol. The number of rotatable bonds is 7. The summed E-state index contributed by atoms with van der Waals surface area (Å²) in [4.78, 5) is 14.8. The van der Waals surface area contributed by atoms with E-state index in [1.54, 1.807) is 17.1 Å². The van der Waals surface area contributed by atoms with Crippen LogP contribution in [-0.4, -0.2) is 63.4 Å². The summed E-state index contributed by atoms with van der Waals surface area (Å²) in [6.07, 6.45) is 3.44. The number of hydrogen-bond donors (Lipinski definition) is 1. The van der Waals surface area contributed by atoms with Gasteiger partial charge in [0.1, 0.15) is 6.61 Å². The largest absolute Gasteiger partial charge is 0.462 e. The third-order valence-electron chi connectivity index (χ3n) is 2.42. The Bertz CT molecular complexity index is 527. The lowest BCUT2D eigenvalue weighted by Crippen LogP contribution is -2.20. The topological polar surface area (TPSA) is 81.0 Å². The maximum absolute atomic E-state index is 5.56. The second kappa shape index (κ2) is 6.80. The summed E-state index contributed by atoms with van der Waals surface area (Å²) in [7, 11) is 3.96. The maximum atomic E-state index is 5.56. The third kappa shape index (κ3) is 3.89. The molecule has 0 saturated carbocycles. The van der Waals surface area contributed by atoms with Crippen molar-refractivity contribution in [3.8, 4) is 12.0 Å². The number of nitrogens with zero attached hydrogens (tertiary/aromatic N) is 6. The number of aromatic nitrogens is 5. The van der Waals surface area contributed by atoms with Gasteiger partial charge in [-0.15, -0.1) is 0 Å². The van der Waals surface area contributed by atoms with Crippen LogP contribution in [0.4, 0.5) is 5.95 Å². The predicted molar refractivity (Wildman–Crippen MR) is 75.2 cm³/mol. The molecule has 2 aromatic heterocycles. The molecule has 0 saturated heterocycles. The molecule has 0 aliphatic carbocycles. The third-order valence-corrected chi connectivity index (χ3v) is 2.42. The highest BCUT2D eigenvalue weighted by molar-refractivity contribution is 5.29. The fraction of sp³-hybridized carbons (Fsp3) is 0.500. The van der Waals surface area contributed by atoms with Gasteiger partial charge in [0.15, 0.2) is 0 Å². The second-order valence-corrected chi connectivity index (χ2v) is 4.37. The molecule has 1 N–H and O–H groups in total. The van der Waals surface area contributed by atoms with E-state index >= 15 is 0 Å². The molecule has 108 valence electrons. The van der Waals surface area contributed by atoms with Crippen LogP contribution in [0.1, 0.15) is 6.92 Å². The normalized spacial score (nSPS) is 10.8. The zero-order valence-corrected chi connectivity index (χ0v) is 11.9. The van der Waals surface area contributed by atoms with Gasteiger partial charge in [0.2, 0.25) is 5.95 Å². The minimum absolute atomic E-state index is 0.295. The van der Waals surface area contributed by atoms with E-state index in [-0.39, 0.29) is 0 Å². The van der Waals surface area contributed by atoms with Crippen LogP contribution in [0.25, 0.3) is 5.95 Å². The van der Waals surface area contributed by atoms with E-state index in [0.29, 0.717) is 24.5 Å². The van der Waals surface area contributed by atoms with E-state index < -0.39 is 0 Å². The standard InChI is InChI=1S/C12H19N7O/c1-4-13-10-15-11(19-7-5-6-14-19)17-12(16-10)20-9-8-18(2)3/h5-7H,4,8-9H2,1-3H3,(H,13,15,16,17). The van der Waals surface area contributed by atoms with Crippen LogP contribution < -0.4 is 10.1 Å². The van der Waals surface area contributed by atoms with Crippen LogP contribution >= 0.6 is 0 Å². The summed E-state index contributed by atoms with van der Waals surface area (Å²) in [6, 6.07) is 2.10. The molecule has 0 unspecified atom stereocenters. The van der Waals surface area contributed by atoms with Crippen LogP contribution in [0.5, 0.6) is 6.01 Å². The summed E-state index contributed by atoms with van der Waals surface area (Å²) in [5.41, 5.74) is 0. The van der Waals surface area contributed by atoms with Gasteiger partial charge >= 0.3 is 6.01 Å². The molecule has 0 atom stereocenters. The van der Waals surface area contributed by atoms with E-state index in [1.165, 1.54) is 0 Å². The fourth-order valence-electron chi connectivity index (χ4n) is 1.46. The van der Waals surface area contributed by atoms with Gasteiger partial charge in [-0.05, 0) is 27.1 Å². The highest BCUT2D eigenvalue weighted by Gasteiger charge is 2.09. The Labute approximate surface area is 117 Å². The van der Waals surface area contributed by atoms with Gasteiger partial charge in [0.05, 0.1) is 0 Å². The first-order chi connectivity index (χ1) is 9.69. The second-order valence-electron chi connectivity index (χ2n) is 4.37. The molecule has 0 bridgehead atoms. The van der Waals surface area contributed by atoms with Crippen LogP contribution in [0, 0.1) is 0 Å². The summed E-state index contributed by atoms with van der Waals surface area (Å²) in [5.74, 6) is 0.911. The first-order valence-corrected chi connectivity index (χ1v) is 6.46. The quantitative estimate of drug-likeness (QED) is 0.786. The molecule has 0 aliphatic heterocycles. The molecule has 20 heavy (non-hydrogen) atoms. The lowest BCUT2D eigenvalue weighted by atomic mass is 10.6. The summed E-state index contributed by atoms with van der Waals surface area (Å²) >= 11 is 0. The minimum Gasteiger partial charge on any atom is -0.462 e. The molecule has 2 aromatic rings. The van der Waals surface area contributed by atoms with Gasteiger partial charge in [0.25, 0.3) is 5.95 Å². The molecule has 0 aliphatic rings. The van der Waals surface area contributed by atoms with Gasteiger partial charge in [0, 0.05) is 25.5 Å². The number of ether oxygens (including phenoxy) is 1. The number of hydrogen-bond acceptors (Lipinski definition) is 7. The van der Waals surface area contributed by atoms with Crippen molar-refractivity contribution >= 4 is 5.95 Å². The number of anilines is 1. The monoisotopic (exact) mass is 277 g/mol. The van der Waals surface area contributed by atoms with Crippen molar-refractivity contribution < 1.29 is 4.74 Å². The maximum Gasteiger partial charge on any atom is 0.323 e. The van der Waals surface area contributed by atoms with Crippen molar-refractivity contribution in [3.63, 3.8) is 0 Å². The highest BCUT2D eigenvalue weighted by atomic mass is 16.5. The number of likely N-dealkylation sites (N-methyl/N-ethyl adjacent to an activating group) is 1. The Kier molecular flexibility index (Phi) is 4.83. The Morgan fingerprint density at radius 3 is 2.80 bits per heavy atom. The molecule has 0 amide bonds. The Morgan fingerprint density at radius 1 is 1.30 bits per heavy atom. The molecule has 2 heterocycles. The van der Waals surface area contributed by atoms with Crippen LogP contribution in [-0.2, 0) is 0 Å². The molecule has 0 spiro atoms. The average molecular weight is 277 g/mol. The summed E-state index contributed by atoms with van der Waals surface area (Å²) < 4.78 is 7.13. The van der Waals surface area contributed by atoms with Crippen molar-refractivity contribution in [1.29, 1.82) is 0 Å². The van der Waals surface area contributed by atoms with Gasteiger partial charge in [-0.25, -0.2) is 4.68 Å². The summed E-state index contributed by atoms with van der Waals surface area (Å²) in [6.45, 7) is 4.00. The first kappa shape index (κ1) is 14.2. The van der Waals surface area contributed by atoms with Crippen molar-refractivity contribution in [2.24, 2.45) is 0 Å². The Balaban J connectivity index is 2.17. The molecule has 8 nitrogen and oxygen atoms in total. The van der Waals surface area contributed by atoms with Crippen LogP contribution in [0.2, 0.25) is 0 Å². The van der Waals surface area contributed by atoms with E-state index in [4.69, 9.17) is 4.74 Å². The smallest absolute Gasteiger partial charge is 0.323 e. The molecule has 0 fully saturated rings. The zero-order chi connectivity index (χ0) is 14.4. The molecule has 0 aromatic carbocycles. The fourth-order valence-corrected chi connectivity index (χ4v) is 1.46. The lowest BCUT2D eigenvalue weighted by molar-refractivity contribution is 0.245. The zero-order valence-electron chi connectivity index (χ0n) is 11.9. The summed E-state index contributed by atoms with van der Waals surface area (Å²) in [5, 5.41) is 7.17. The van der Waals surface area contributed by atoms with Crippen LogP contribution in [0.15, 0.2) is 18.5 Å². The Morgan fingerprint density at radius 2 is 2.15 bits per heavy atom. The predicted octanol–water partition coefficient (Wildman–Crippen LogP) is 0.429. The SMILES string of the molecule is CCNc1nc(OCCN(C)C)nc(-n2cccn2)n1. The van der Waals surface area contributed by atoms with Crippen LogP contribution in [0.3, 0.4) is 0 Å².